The summed E-state index contributed by atoms with van der Waals surface area (Å²) in [5.74, 6) is -0.872. The molecule has 0 bridgehead atoms. The van der Waals surface area contributed by atoms with E-state index in [9.17, 15) is 9.59 Å². The maximum absolute atomic E-state index is 11.5. The molecule has 0 aliphatic heterocycles. The quantitative estimate of drug-likeness (QED) is 0.778. The summed E-state index contributed by atoms with van der Waals surface area (Å²) in [5, 5.41) is 2.79. The van der Waals surface area contributed by atoms with Crippen LogP contribution in [0.15, 0.2) is 30.3 Å². The highest BCUT2D eigenvalue weighted by Crippen LogP contribution is 2.04. The third-order valence-electron chi connectivity index (χ3n) is 2.67. The molecule has 1 aromatic carbocycles. The molecule has 0 spiro atoms. The van der Waals surface area contributed by atoms with E-state index in [-0.39, 0.29) is 18.3 Å². The third-order valence-corrected chi connectivity index (χ3v) is 2.67. The number of carbonyl (C=O) groups is 2. The highest BCUT2D eigenvalue weighted by molar-refractivity contribution is 5.82. The number of nitrogens with one attached hydrogen (secondary N) is 1. The molecule has 0 saturated carbocycles. The van der Waals surface area contributed by atoms with E-state index in [0.717, 1.165) is 6.42 Å². The first-order chi connectivity index (χ1) is 8.63. The summed E-state index contributed by atoms with van der Waals surface area (Å²) in [7, 11) is 1.33. The topological polar surface area (TPSA) is 55.4 Å². The molecule has 4 nitrogen and oxygen atoms in total. The van der Waals surface area contributed by atoms with E-state index in [2.05, 4.69) is 10.1 Å². The molecule has 1 rings (SSSR count). The molecule has 0 heterocycles. The molecule has 1 unspecified atom stereocenters. The van der Waals surface area contributed by atoms with Gasteiger partial charge in [-0.3, -0.25) is 9.59 Å². The van der Waals surface area contributed by atoms with Gasteiger partial charge in [-0.2, -0.15) is 0 Å². The van der Waals surface area contributed by atoms with Gasteiger partial charge in [0, 0.05) is 13.0 Å². The van der Waals surface area contributed by atoms with Crippen molar-refractivity contribution in [2.45, 2.75) is 19.8 Å². The van der Waals surface area contributed by atoms with Gasteiger partial charge in [0.05, 0.1) is 13.0 Å². The van der Waals surface area contributed by atoms with Crippen LogP contribution in [0.3, 0.4) is 0 Å². The summed E-state index contributed by atoms with van der Waals surface area (Å²) >= 11 is 0. The van der Waals surface area contributed by atoms with Crippen LogP contribution < -0.4 is 5.32 Å². The van der Waals surface area contributed by atoms with Gasteiger partial charge in [0.25, 0.3) is 0 Å². The largest absolute Gasteiger partial charge is 0.469 e. The summed E-state index contributed by atoms with van der Waals surface area (Å²) in [6.07, 6.45) is 0.959. The number of hydrogen-bond donors (Lipinski definition) is 1. The van der Waals surface area contributed by atoms with Crippen LogP contribution in [0.1, 0.15) is 18.9 Å². The lowest BCUT2D eigenvalue weighted by Crippen LogP contribution is -2.29. The van der Waals surface area contributed by atoms with Crippen LogP contribution in [-0.4, -0.2) is 25.5 Å². The summed E-state index contributed by atoms with van der Waals surface area (Å²) in [6, 6.07) is 9.93. The van der Waals surface area contributed by atoms with Crippen LogP contribution >= 0.6 is 0 Å². The Morgan fingerprint density at radius 3 is 2.56 bits per heavy atom. The maximum atomic E-state index is 11.5. The summed E-state index contributed by atoms with van der Waals surface area (Å²) in [4.78, 5) is 22.7. The Morgan fingerprint density at radius 1 is 1.28 bits per heavy atom. The van der Waals surface area contributed by atoms with Gasteiger partial charge in [0.2, 0.25) is 5.91 Å². The minimum atomic E-state index is -0.397. The molecule has 18 heavy (non-hydrogen) atoms. The lowest BCUT2D eigenvalue weighted by atomic mass is 10.1. The van der Waals surface area contributed by atoms with Crippen molar-refractivity contribution in [1.29, 1.82) is 0 Å². The lowest BCUT2D eigenvalue weighted by Gasteiger charge is -2.09. The number of methoxy groups -OCH3 is 1. The molecule has 0 radical (unpaired) electrons. The second kappa shape index (κ2) is 7.48. The lowest BCUT2D eigenvalue weighted by molar-refractivity contribution is -0.146. The van der Waals surface area contributed by atoms with E-state index >= 15 is 0 Å². The molecular weight excluding hydrogens is 230 g/mol. The van der Waals surface area contributed by atoms with E-state index in [1.54, 1.807) is 6.92 Å². The highest BCUT2D eigenvalue weighted by Gasteiger charge is 2.16. The Kier molecular flexibility index (Phi) is 5.91. The average Bonchev–Trinajstić information content (AvgIpc) is 2.38. The minimum absolute atomic E-state index is 0.121. The van der Waals surface area contributed by atoms with Crippen LogP contribution in [0.4, 0.5) is 0 Å². The monoisotopic (exact) mass is 249 g/mol. The van der Waals surface area contributed by atoms with Gasteiger partial charge < -0.3 is 10.1 Å². The SMILES string of the molecule is COC(=O)C(C)CC(=O)NCCc1ccccc1. The molecule has 98 valence electrons. The second-order valence-corrected chi connectivity index (χ2v) is 4.21. The molecule has 0 saturated heterocycles. The van der Waals surface area contributed by atoms with Gasteiger partial charge in [-0.25, -0.2) is 0 Å². The number of benzene rings is 1. The molecule has 0 aromatic heterocycles. The minimum Gasteiger partial charge on any atom is -0.469 e. The van der Waals surface area contributed by atoms with E-state index < -0.39 is 5.92 Å². The van der Waals surface area contributed by atoms with E-state index in [1.165, 1.54) is 12.7 Å². The number of amides is 1. The Labute approximate surface area is 107 Å². The highest BCUT2D eigenvalue weighted by atomic mass is 16.5. The molecular formula is C14H19NO3. The molecule has 1 aromatic rings. The van der Waals surface area contributed by atoms with Gasteiger partial charge in [0.1, 0.15) is 0 Å². The van der Waals surface area contributed by atoms with Crippen molar-refractivity contribution < 1.29 is 14.3 Å². The molecule has 1 atom stereocenters. The fourth-order valence-electron chi connectivity index (χ4n) is 1.63. The standard InChI is InChI=1S/C14H19NO3/c1-11(14(17)18-2)10-13(16)15-9-8-12-6-4-3-5-7-12/h3-7,11H,8-10H2,1-2H3,(H,15,16). The summed E-state index contributed by atoms with van der Waals surface area (Å²) in [6.45, 7) is 2.26. The Morgan fingerprint density at radius 2 is 1.94 bits per heavy atom. The molecule has 0 fully saturated rings. The van der Waals surface area contributed by atoms with Crippen LogP contribution in [0.5, 0.6) is 0 Å². The van der Waals surface area contributed by atoms with Crippen molar-refractivity contribution in [1.82, 2.24) is 5.32 Å². The Balaban J connectivity index is 2.23. The van der Waals surface area contributed by atoms with Crippen molar-refractivity contribution in [2.75, 3.05) is 13.7 Å². The zero-order valence-electron chi connectivity index (χ0n) is 10.8. The molecule has 1 amide bonds. The smallest absolute Gasteiger partial charge is 0.308 e. The predicted octanol–water partition coefficient (Wildman–Crippen LogP) is 1.54. The predicted molar refractivity (Wildman–Crippen MR) is 69.0 cm³/mol. The van der Waals surface area contributed by atoms with Crippen molar-refractivity contribution in [2.24, 2.45) is 5.92 Å². The van der Waals surface area contributed by atoms with Gasteiger partial charge >= 0.3 is 5.97 Å². The summed E-state index contributed by atoms with van der Waals surface area (Å²) in [5.41, 5.74) is 1.18. The maximum Gasteiger partial charge on any atom is 0.308 e. The number of carbonyl (C=O) groups excluding carboxylic acids is 2. The number of hydrogen-bond acceptors (Lipinski definition) is 3. The Hall–Kier alpha value is -1.84. The van der Waals surface area contributed by atoms with Crippen molar-refractivity contribution in [3.05, 3.63) is 35.9 Å². The normalized spacial score (nSPS) is 11.7. The third kappa shape index (κ3) is 4.99. The van der Waals surface area contributed by atoms with Crippen LogP contribution in [0.25, 0.3) is 0 Å². The van der Waals surface area contributed by atoms with Crippen LogP contribution in [0.2, 0.25) is 0 Å². The fourth-order valence-corrected chi connectivity index (χ4v) is 1.63. The van der Waals surface area contributed by atoms with Crippen molar-refractivity contribution in [3.8, 4) is 0 Å². The zero-order chi connectivity index (χ0) is 13.4. The molecule has 1 N–H and O–H groups in total. The number of esters is 1. The van der Waals surface area contributed by atoms with Gasteiger partial charge in [0.15, 0.2) is 0 Å². The Bertz CT molecular complexity index is 389. The van der Waals surface area contributed by atoms with E-state index in [1.807, 2.05) is 30.3 Å². The van der Waals surface area contributed by atoms with Crippen molar-refractivity contribution in [3.63, 3.8) is 0 Å². The van der Waals surface area contributed by atoms with E-state index in [0.29, 0.717) is 6.54 Å². The first kappa shape index (κ1) is 14.2. The van der Waals surface area contributed by atoms with Gasteiger partial charge in [-0.15, -0.1) is 0 Å². The van der Waals surface area contributed by atoms with Crippen LogP contribution in [-0.2, 0) is 20.7 Å². The first-order valence-corrected chi connectivity index (χ1v) is 6.02. The number of ether oxygens (including phenoxy) is 1. The summed E-state index contributed by atoms with van der Waals surface area (Å²) < 4.78 is 4.57. The molecule has 0 aliphatic rings. The first-order valence-electron chi connectivity index (χ1n) is 6.02. The molecule has 0 aliphatic carbocycles. The average molecular weight is 249 g/mol. The fraction of sp³-hybridized carbons (Fsp3) is 0.429. The second-order valence-electron chi connectivity index (χ2n) is 4.21. The zero-order valence-corrected chi connectivity index (χ0v) is 10.8. The molecule has 4 heteroatoms. The van der Waals surface area contributed by atoms with Crippen molar-refractivity contribution >= 4 is 11.9 Å². The van der Waals surface area contributed by atoms with Crippen LogP contribution in [0, 0.1) is 5.92 Å². The van der Waals surface area contributed by atoms with Gasteiger partial charge in [-0.1, -0.05) is 37.3 Å². The number of rotatable bonds is 6. The van der Waals surface area contributed by atoms with Gasteiger partial charge in [-0.05, 0) is 12.0 Å². The van der Waals surface area contributed by atoms with E-state index in [4.69, 9.17) is 0 Å².